The zero-order valence-corrected chi connectivity index (χ0v) is 14.7. The Labute approximate surface area is 139 Å². The van der Waals surface area contributed by atoms with E-state index in [9.17, 15) is 4.46 Å². The highest BCUT2D eigenvalue weighted by Crippen LogP contribution is 2.25. The van der Waals surface area contributed by atoms with E-state index in [0.717, 1.165) is 0 Å². The van der Waals surface area contributed by atoms with Gasteiger partial charge in [-0.1, -0.05) is 49.6 Å². The molecule has 4 rings (SSSR count). The maximum absolute atomic E-state index is 12.9. The van der Waals surface area contributed by atoms with Crippen LogP contribution >= 0.6 is 0 Å². The number of hydrogen-bond acceptors (Lipinski definition) is 1. The fourth-order valence-corrected chi connectivity index (χ4v) is 5.55. The molecule has 0 amide bonds. The largest absolute Gasteiger partial charge is 0.399 e. The molecule has 1 aromatic rings. The third-order valence-corrected chi connectivity index (χ3v) is 7.31. The van der Waals surface area contributed by atoms with Crippen molar-refractivity contribution in [3.05, 3.63) is 45.8 Å². The highest BCUT2D eigenvalue weighted by molar-refractivity contribution is 6.42. The van der Waals surface area contributed by atoms with Gasteiger partial charge in [0, 0.05) is 19.1 Å². The summed E-state index contributed by atoms with van der Waals surface area (Å²) in [5, 5.41) is 2.55. The van der Waals surface area contributed by atoms with Gasteiger partial charge in [-0.2, -0.15) is 0 Å². The van der Waals surface area contributed by atoms with Crippen LogP contribution in [0.1, 0.15) is 43.2 Å². The van der Waals surface area contributed by atoms with E-state index in [2.05, 4.69) is 54.1 Å². The maximum Gasteiger partial charge on any atom is 0.399 e. The first-order valence-electron chi connectivity index (χ1n) is 8.72. The Balaban J connectivity index is 1.51. The van der Waals surface area contributed by atoms with E-state index in [1.807, 2.05) is 0 Å². The molecule has 0 atom stereocenters. The Morgan fingerprint density at radius 3 is 2.74 bits per heavy atom. The molecular weight excluding hydrogens is 298 g/mol. The fourth-order valence-electron chi connectivity index (χ4n) is 4.00. The second-order valence-electron chi connectivity index (χ2n) is 6.93. The van der Waals surface area contributed by atoms with Gasteiger partial charge in [0.25, 0.3) is 0 Å². The van der Waals surface area contributed by atoms with Crippen LogP contribution in [0.4, 0.5) is 0 Å². The molecule has 0 bridgehead atoms. The van der Waals surface area contributed by atoms with Gasteiger partial charge in [0.05, 0.1) is 0 Å². The number of nitrogens with zero attached hydrogens (tertiary/aromatic N) is 1. The molecule has 0 heterocycles. The van der Waals surface area contributed by atoms with Crippen molar-refractivity contribution in [3.8, 4) is 0 Å². The molecule has 23 heavy (non-hydrogen) atoms. The molecule has 0 spiro atoms. The Morgan fingerprint density at radius 2 is 1.91 bits per heavy atom. The molecule has 1 saturated carbocycles. The fraction of sp³-hybridized carbons (Fsp3) is 0.400. The minimum Gasteiger partial charge on any atom is -0.377 e. The molecule has 3 aliphatic rings. The van der Waals surface area contributed by atoms with Gasteiger partial charge in [-0.15, -0.1) is 0 Å². The van der Waals surface area contributed by atoms with Gasteiger partial charge in [0.2, 0.25) is 0 Å². The van der Waals surface area contributed by atoms with Gasteiger partial charge in [-0.3, -0.25) is 0 Å². The summed E-state index contributed by atoms with van der Waals surface area (Å²) in [6.07, 6.45) is 17.1. The van der Waals surface area contributed by atoms with Gasteiger partial charge in [0.1, 0.15) is 0 Å². The zero-order chi connectivity index (χ0) is 15.8. The molecule has 1 fully saturated rings. The number of hydrogen-bond donors (Lipinski definition) is 0. The average Bonchev–Trinajstić information content (AvgIpc) is 3.19. The van der Waals surface area contributed by atoms with Gasteiger partial charge >= 0.3 is 8.84 Å². The van der Waals surface area contributed by atoms with Crippen LogP contribution in [-0.2, 0) is 4.46 Å². The van der Waals surface area contributed by atoms with Crippen molar-refractivity contribution in [1.29, 1.82) is 0 Å². The topological polar surface area (TPSA) is 20.3 Å². The summed E-state index contributed by atoms with van der Waals surface area (Å²) >= 11 is 0. The van der Waals surface area contributed by atoms with Crippen molar-refractivity contribution in [2.45, 2.75) is 44.2 Å². The monoisotopic (exact) mass is 321 g/mol. The lowest BCUT2D eigenvalue weighted by molar-refractivity contribution is 0.273. The molecule has 0 saturated heterocycles. The number of benzene rings is 1. The van der Waals surface area contributed by atoms with Crippen molar-refractivity contribution in [2.75, 3.05) is 7.05 Å². The molecule has 0 aromatic heterocycles. The van der Waals surface area contributed by atoms with E-state index in [1.54, 1.807) is 0 Å². The van der Waals surface area contributed by atoms with Crippen molar-refractivity contribution >= 4 is 32.6 Å². The molecule has 3 heteroatoms. The lowest BCUT2D eigenvalue weighted by Gasteiger charge is -2.31. The minimum atomic E-state index is -1.74. The van der Waals surface area contributed by atoms with Crippen LogP contribution in [0.2, 0.25) is 6.04 Å². The first-order chi connectivity index (χ1) is 11.2. The highest BCUT2D eigenvalue weighted by atomic mass is 28.3. The standard InChI is InChI=1S/C20H23NOSi/c1-21(19-8-3-2-4-9-19)23(22)14-18-11-10-17-12-15-6-5-7-16(15)13-20(17)18/h5-7,10-13,19H,2-4,8-9,14H2,1H3. The number of rotatable bonds is 4. The summed E-state index contributed by atoms with van der Waals surface area (Å²) in [5.41, 5.74) is 3.82. The Morgan fingerprint density at radius 1 is 1.09 bits per heavy atom. The molecule has 0 aliphatic heterocycles. The molecule has 0 N–H and O–H groups in total. The quantitative estimate of drug-likeness (QED) is 0.795. The van der Waals surface area contributed by atoms with Crippen LogP contribution in [0.25, 0.3) is 23.8 Å². The second-order valence-corrected chi connectivity index (χ2v) is 8.77. The maximum atomic E-state index is 12.9. The summed E-state index contributed by atoms with van der Waals surface area (Å²) in [4.78, 5) is 0. The van der Waals surface area contributed by atoms with Crippen molar-refractivity contribution in [3.63, 3.8) is 0 Å². The van der Waals surface area contributed by atoms with Crippen LogP contribution in [0.15, 0.2) is 24.3 Å². The van der Waals surface area contributed by atoms with E-state index >= 15 is 0 Å². The van der Waals surface area contributed by atoms with Crippen molar-refractivity contribution < 1.29 is 4.46 Å². The molecule has 1 aromatic carbocycles. The lowest BCUT2D eigenvalue weighted by atomic mass is 9.96. The minimum absolute atomic E-state index is 0.526. The third-order valence-electron chi connectivity index (χ3n) is 5.47. The average molecular weight is 321 g/mol. The van der Waals surface area contributed by atoms with Gasteiger partial charge in [0.15, 0.2) is 0 Å². The van der Waals surface area contributed by atoms with Crippen LogP contribution in [0.3, 0.4) is 0 Å². The van der Waals surface area contributed by atoms with E-state index in [-0.39, 0.29) is 0 Å². The third kappa shape index (κ3) is 2.78. The molecule has 2 nitrogen and oxygen atoms in total. The number of allylic oxidation sites excluding steroid dienone is 3. The molecule has 3 aliphatic carbocycles. The molecule has 0 unspecified atom stereocenters. The smallest absolute Gasteiger partial charge is 0.377 e. The highest BCUT2D eigenvalue weighted by Gasteiger charge is 2.25. The summed E-state index contributed by atoms with van der Waals surface area (Å²) in [7, 11) is 0.332. The Kier molecular flexibility index (Phi) is 3.89. The SMILES string of the molecule is CN(C1CCCCC1)[Si](=O)CC1=CC=c2cc3c(cc21)=CC=C3. The number of fused-ring (bicyclic) bond motifs is 2. The van der Waals surface area contributed by atoms with Crippen molar-refractivity contribution in [2.24, 2.45) is 0 Å². The van der Waals surface area contributed by atoms with Gasteiger partial charge < -0.3 is 9.03 Å². The summed E-state index contributed by atoms with van der Waals surface area (Å²) in [6.45, 7) is 0. The molecule has 118 valence electrons. The second kappa shape index (κ2) is 6.04. The predicted molar refractivity (Wildman–Crippen MR) is 97.5 cm³/mol. The van der Waals surface area contributed by atoms with Crippen LogP contribution < -0.4 is 10.4 Å². The molecular formula is C20H23NOSi. The van der Waals surface area contributed by atoms with E-state index in [4.69, 9.17) is 0 Å². The van der Waals surface area contributed by atoms with Gasteiger partial charge in [-0.05, 0) is 52.1 Å². The normalized spacial score (nSPS) is 18.7. The van der Waals surface area contributed by atoms with E-state index in [0.29, 0.717) is 12.1 Å². The van der Waals surface area contributed by atoms with Crippen LogP contribution in [0.5, 0.6) is 0 Å². The van der Waals surface area contributed by atoms with Crippen LogP contribution in [-0.4, -0.2) is 26.5 Å². The van der Waals surface area contributed by atoms with Gasteiger partial charge in [-0.25, -0.2) is 0 Å². The van der Waals surface area contributed by atoms with Crippen LogP contribution in [0, 0.1) is 0 Å². The first kappa shape index (κ1) is 14.8. The van der Waals surface area contributed by atoms with E-state index < -0.39 is 8.84 Å². The summed E-state index contributed by atoms with van der Waals surface area (Å²) in [6, 6.07) is 5.73. The molecule has 0 radical (unpaired) electrons. The summed E-state index contributed by atoms with van der Waals surface area (Å²) in [5.74, 6) is 0. The summed E-state index contributed by atoms with van der Waals surface area (Å²) < 4.78 is 15.1. The predicted octanol–water partition coefficient (Wildman–Crippen LogP) is 2.85. The Bertz CT molecular complexity index is 828. The Hall–Kier alpha value is -1.74. The zero-order valence-electron chi connectivity index (χ0n) is 13.7. The van der Waals surface area contributed by atoms with Crippen molar-refractivity contribution in [1.82, 2.24) is 4.57 Å². The first-order valence-corrected chi connectivity index (χ1v) is 10.3. The van der Waals surface area contributed by atoms with E-state index in [1.165, 1.54) is 59.2 Å². The lowest BCUT2D eigenvalue weighted by Crippen LogP contribution is -2.39.